The molecule has 0 radical (unpaired) electrons. The molecule has 1 N–H and O–H groups in total. The highest BCUT2D eigenvalue weighted by Crippen LogP contribution is 2.29. The Hall–Kier alpha value is -3.71. The Kier molecular flexibility index (Phi) is 4.50. The predicted octanol–water partition coefficient (Wildman–Crippen LogP) is 4.82. The van der Waals surface area contributed by atoms with Gasteiger partial charge in [-0.3, -0.25) is 14.9 Å². The third kappa shape index (κ3) is 3.30. The van der Waals surface area contributed by atoms with E-state index < -0.39 is 10.8 Å². The molecular formula is C20H13ClN4O3. The van der Waals surface area contributed by atoms with E-state index in [4.69, 9.17) is 11.6 Å². The van der Waals surface area contributed by atoms with E-state index in [1.165, 1.54) is 18.2 Å². The second-order valence-electron chi connectivity index (χ2n) is 6.01. The van der Waals surface area contributed by atoms with Crippen LogP contribution in [0, 0.1) is 10.1 Å². The van der Waals surface area contributed by atoms with Gasteiger partial charge >= 0.3 is 0 Å². The fourth-order valence-corrected chi connectivity index (χ4v) is 3.09. The summed E-state index contributed by atoms with van der Waals surface area (Å²) in [7, 11) is 0. The Labute approximate surface area is 164 Å². The van der Waals surface area contributed by atoms with Crippen LogP contribution in [0.5, 0.6) is 0 Å². The first-order valence-corrected chi connectivity index (χ1v) is 8.69. The van der Waals surface area contributed by atoms with E-state index in [2.05, 4.69) is 10.3 Å². The molecule has 7 nitrogen and oxygen atoms in total. The van der Waals surface area contributed by atoms with Crippen molar-refractivity contribution in [2.24, 2.45) is 0 Å². The Balaban J connectivity index is 1.73. The molecule has 0 spiro atoms. The lowest BCUT2D eigenvalue weighted by molar-refractivity contribution is -0.385. The Bertz CT molecular complexity index is 1190. The number of nitro groups is 1. The average molecular weight is 393 g/mol. The standard InChI is InChI=1S/C20H13ClN4O3/c21-13-8-9-18(25(27)28)15(11-13)20(26)23-16-6-2-1-5-14(16)17-12-24-10-4-3-7-19(24)22-17/h1-12H,(H,23,26). The average Bonchev–Trinajstić information content (AvgIpc) is 3.12. The van der Waals surface area contributed by atoms with Gasteiger partial charge < -0.3 is 9.72 Å². The Morgan fingerprint density at radius 2 is 1.89 bits per heavy atom. The van der Waals surface area contributed by atoms with Crippen molar-refractivity contribution in [2.45, 2.75) is 0 Å². The third-order valence-corrected chi connectivity index (χ3v) is 4.45. The van der Waals surface area contributed by atoms with Gasteiger partial charge in [0.15, 0.2) is 0 Å². The molecule has 4 aromatic rings. The van der Waals surface area contributed by atoms with Crippen LogP contribution in [0.3, 0.4) is 0 Å². The first-order chi connectivity index (χ1) is 13.5. The molecule has 8 heteroatoms. The predicted molar refractivity (Wildman–Crippen MR) is 107 cm³/mol. The van der Waals surface area contributed by atoms with E-state index >= 15 is 0 Å². The monoisotopic (exact) mass is 392 g/mol. The van der Waals surface area contributed by atoms with Crippen LogP contribution in [0.15, 0.2) is 73.1 Å². The van der Waals surface area contributed by atoms with Crippen LogP contribution in [0.1, 0.15) is 10.4 Å². The second kappa shape index (κ2) is 7.13. The van der Waals surface area contributed by atoms with Gasteiger partial charge in [-0.25, -0.2) is 4.98 Å². The third-order valence-electron chi connectivity index (χ3n) is 4.22. The van der Waals surface area contributed by atoms with Gasteiger partial charge in [0.2, 0.25) is 0 Å². The first kappa shape index (κ1) is 17.7. The minimum atomic E-state index is -0.620. The molecular weight excluding hydrogens is 380 g/mol. The van der Waals surface area contributed by atoms with E-state index in [-0.39, 0.29) is 16.3 Å². The maximum Gasteiger partial charge on any atom is 0.282 e. The lowest BCUT2D eigenvalue weighted by atomic mass is 10.1. The van der Waals surface area contributed by atoms with Gasteiger partial charge in [0, 0.05) is 29.0 Å². The quantitative estimate of drug-likeness (QED) is 0.398. The molecule has 4 rings (SSSR count). The summed E-state index contributed by atoms with van der Waals surface area (Å²) < 4.78 is 1.87. The summed E-state index contributed by atoms with van der Waals surface area (Å²) in [5.41, 5.74) is 2.20. The van der Waals surface area contributed by atoms with Crippen molar-refractivity contribution in [1.29, 1.82) is 0 Å². The van der Waals surface area contributed by atoms with Crippen LogP contribution < -0.4 is 5.32 Å². The fraction of sp³-hybridized carbons (Fsp3) is 0. The number of carbonyl (C=O) groups excluding carboxylic acids is 1. The second-order valence-corrected chi connectivity index (χ2v) is 6.45. The van der Waals surface area contributed by atoms with Gasteiger partial charge in [-0.05, 0) is 30.3 Å². The number of nitrogens with zero attached hydrogens (tertiary/aromatic N) is 3. The minimum absolute atomic E-state index is 0.109. The van der Waals surface area contributed by atoms with Gasteiger partial charge in [0.25, 0.3) is 11.6 Å². The molecule has 0 atom stereocenters. The number of nitrogens with one attached hydrogen (secondary N) is 1. The molecule has 0 bridgehead atoms. The van der Waals surface area contributed by atoms with Crippen molar-refractivity contribution in [2.75, 3.05) is 5.32 Å². The number of nitro benzene ring substituents is 1. The molecule has 2 aromatic heterocycles. The summed E-state index contributed by atoms with van der Waals surface area (Å²) >= 11 is 5.93. The molecule has 2 heterocycles. The smallest absolute Gasteiger partial charge is 0.282 e. The van der Waals surface area contributed by atoms with Crippen LogP contribution in [0.2, 0.25) is 5.02 Å². The molecule has 2 aromatic carbocycles. The summed E-state index contributed by atoms with van der Waals surface area (Å²) in [4.78, 5) is 27.9. The number of pyridine rings is 1. The number of hydrogen-bond donors (Lipinski definition) is 1. The van der Waals surface area contributed by atoms with Crippen LogP contribution in [-0.2, 0) is 0 Å². The number of para-hydroxylation sites is 1. The number of anilines is 1. The van der Waals surface area contributed by atoms with Crippen molar-refractivity contribution < 1.29 is 9.72 Å². The van der Waals surface area contributed by atoms with Crippen LogP contribution in [0.25, 0.3) is 16.9 Å². The molecule has 0 saturated heterocycles. The summed E-state index contributed by atoms with van der Waals surface area (Å²) in [5.74, 6) is -0.620. The molecule has 0 saturated carbocycles. The fourth-order valence-electron chi connectivity index (χ4n) is 2.92. The van der Waals surface area contributed by atoms with Crippen LogP contribution in [0.4, 0.5) is 11.4 Å². The molecule has 0 fully saturated rings. The highest BCUT2D eigenvalue weighted by atomic mass is 35.5. The van der Waals surface area contributed by atoms with E-state index in [0.717, 1.165) is 5.65 Å². The Morgan fingerprint density at radius 3 is 2.68 bits per heavy atom. The van der Waals surface area contributed by atoms with Crippen molar-refractivity contribution in [3.8, 4) is 11.3 Å². The Morgan fingerprint density at radius 1 is 1.11 bits per heavy atom. The SMILES string of the molecule is O=C(Nc1ccccc1-c1cn2ccccc2n1)c1cc(Cl)ccc1[N+](=O)[O-]. The summed E-state index contributed by atoms with van der Waals surface area (Å²) in [5, 5.41) is 14.2. The number of fused-ring (bicyclic) bond motifs is 1. The number of amides is 1. The molecule has 0 aliphatic rings. The summed E-state index contributed by atoms with van der Waals surface area (Å²) in [6.45, 7) is 0. The van der Waals surface area contributed by atoms with E-state index in [1.807, 2.05) is 47.1 Å². The van der Waals surface area contributed by atoms with E-state index in [0.29, 0.717) is 16.9 Å². The maximum absolute atomic E-state index is 12.7. The topological polar surface area (TPSA) is 89.5 Å². The molecule has 28 heavy (non-hydrogen) atoms. The normalized spacial score (nSPS) is 10.8. The number of aromatic nitrogens is 2. The first-order valence-electron chi connectivity index (χ1n) is 8.31. The van der Waals surface area contributed by atoms with Gasteiger partial charge in [-0.1, -0.05) is 35.9 Å². The number of rotatable bonds is 4. The van der Waals surface area contributed by atoms with Crippen molar-refractivity contribution in [3.63, 3.8) is 0 Å². The minimum Gasteiger partial charge on any atom is -0.321 e. The number of benzene rings is 2. The zero-order valence-corrected chi connectivity index (χ0v) is 15.1. The molecule has 138 valence electrons. The van der Waals surface area contributed by atoms with E-state index in [9.17, 15) is 14.9 Å². The van der Waals surface area contributed by atoms with Crippen molar-refractivity contribution in [1.82, 2.24) is 9.38 Å². The van der Waals surface area contributed by atoms with Gasteiger partial charge in [0.05, 0.1) is 16.3 Å². The highest BCUT2D eigenvalue weighted by molar-refractivity contribution is 6.31. The van der Waals surface area contributed by atoms with Gasteiger partial charge in [-0.2, -0.15) is 0 Å². The van der Waals surface area contributed by atoms with Crippen molar-refractivity contribution >= 4 is 34.5 Å². The van der Waals surface area contributed by atoms with Crippen LogP contribution in [-0.4, -0.2) is 20.2 Å². The number of halogens is 1. The number of imidazole rings is 1. The number of carbonyl (C=O) groups is 1. The van der Waals surface area contributed by atoms with Gasteiger partial charge in [0.1, 0.15) is 11.2 Å². The number of hydrogen-bond acceptors (Lipinski definition) is 4. The largest absolute Gasteiger partial charge is 0.321 e. The zero-order valence-electron chi connectivity index (χ0n) is 14.4. The van der Waals surface area contributed by atoms with Gasteiger partial charge in [-0.15, -0.1) is 0 Å². The zero-order chi connectivity index (χ0) is 19.7. The molecule has 0 unspecified atom stereocenters. The molecule has 1 amide bonds. The highest BCUT2D eigenvalue weighted by Gasteiger charge is 2.21. The molecule has 0 aliphatic carbocycles. The maximum atomic E-state index is 12.7. The van der Waals surface area contributed by atoms with Crippen molar-refractivity contribution in [3.05, 3.63) is 93.8 Å². The van der Waals surface area contributed by atoms with Crippen LogP contribution >= 0.6 is 11.6 Å². The summed E-state index contributed by atoms with van der Waals surface area (Å²) in [6, 6.07) is 16.7. The lowest BCUT2D eigenvalue weighted by Gasteiger charge is -2.10. The lowest BCUT2D eigenvalue weighted by Crippen LogP contribution is -2.14. The summed E-state index contributed by atoms with van der Waals surface area (Å²) in [6.07, 6.45) is 3.73. The van der Waals surface area contributed by atoms with E-state index in [1.54, 1.807) is 12.1 Å². The molecule has 0 aliphatic heterocycles.